The van der Waals surface area contributed by atoms with E-state index in [1.165, 1.54) is 24.3 Å². The van der Waals surface area contributed by atoms with E-state index < -0.39 is 23.8 Å². The molecule has 0 amide bonds. The van der Waals surface area contributed by atoms with Crippen LogP contribution in [0.25, 0.3) is 22.0 Å². The number of carboxylic acid groups (broad SMARTS) is 1. The molecule has 9 heteroatoms. The molecule has 34 heavy (non-hydrogen) atoms. The minimum absolute atomic E-state index is 0.00125. The van der Waals surface area contributed by atoms with Crippen molar-refractivity contribution in [3.8, 4) is 16.9 Å². The molecular formula is C25H19F3N2O4. The molecular weight excluding hydrogens is 449 g/mol. The highest BCUT2D eigenvalue weighted by Crippen LogP contribution is 2.37. The number of rotatable bonds is 6. The van der Waals surface area contributed by atoms with E-state index in [4.69, 9.17) is 15.6 Å². The van der Waals surface area contributed by atoms with Crippen LogP contribution in [0.5, 0.6) is 5.75 Å². The Morgan fingerprint density at radius 2 is 1.76 bits per heavy atom. The molecule has 0 saturated carbocycles. The summed E-state index contributed by atoms with van der Waals surface area (Å²) in [5.41, 5.74) is 6.91. The number of aromatic amines is 1. The van der Waals surface area contributed by atoms with Gasteiger partial charge in [-0.05, 0) is 47.0 Å². The molecule has 4 rings (SSSR count). The number of halogens is 3. The van der Waals surface area contributed by atoms with Crippen LogP contribution in [0.2, 0.25) is 0 Å². The Morgan fingerprint density at radius 3 is 2.47 bits per heavy atom. The third-order valence-corrected chi connectivity index (χ3v) is 5.27. The summed E-state index contributed by atoms with van der Waals surface area (Å²) >= 11 is 0. The van der Waals surface area contributed by atoms with Crippen LogP contribution in [-0.2, 0) is 23.9 Å². The van der Waals surface area contributed by atoms with Crippen molar-refractivity contribution in [3.63, 3.8) is 0 Å². The zero-order chi connectivity index (χ0) is 24.5. The molecule has 174 valence electrons. The smallest absolute Gasteiger partial charge is 0.431 e. The Morgan fingerprint density at radius 1 is 1.00 bits per heavy atom. The van der Waals surface area contributed by atoms with Gasteiger partial charge in [0.1, 0.15) is 11.4 Å². The Kier molecular flexibility index (Phi) is 6.12. The van der Waals surface area contributed by atoms with E-state index in [-0.39, 0.29) is 35.2 Å². The van der Waals surface area contributed by atoms with Gasteiger partial charge in [-0.25, -0.2) is 4.79 Å². The Labute approximate surface area is 191 Å². The number of nitrogens with two attached hydrogens (primary N) is 1. The van der Waals surface area contributed by atoms with Gasteiger partial charge in [-0.1, -0.05) is 36.4 Å². The van der Waals surface area contributed by atoms with E-state index in [1.807, 2.05) is 0 Å². The first-order valence-electron chi connectivity index (χ1n) is 10.2. The number of para-hydroxylation sites is 1. The second-order valence-corrected chi connectivity index (χ2v) is 7.64. The number of aromatic nitrogens is 1. The van der Waals surface area contributed by atoms with Crippen LogP contribution in [0.15, 0.2) is 66.7 Å². The van der Waals surface area contributed by atoms with E-state index >= 15 is 0 Å². The first-order chi connectivity index (χ1) is 16.2. The number of carbonyl (C=O) groups is 2. The van der Waals surface area contributed by atoms with Gasteiger partial charge in [0.25, 0.3) is 0 Å². The number of esters is 1. The number of aliphatic carboxylic acids is 1. The van der Waals surface area contributed by atoms with Crippen molar-refractivity contribution in [2.75, 3.05) is 0 Å². The fraction of sp³-hybridized carbons (Fsp3) is 0.120. The molecule has 0 aliphatic heterocycles. The lowest BCUT2D eigenvalue weighted by Gasteiger charge is -2.11. The van der Waals surface area contributed by atoms with Gasteiger partial charge in [-0.3, -0.25) is 4.79 Å². The van der Waals surface area contributed by atoms with Gasteiger partial charge in [0.05, 0.1) is 12.0 Å². The van der Waals surface area contributed by atoms with Crippen LogP contribution in [0.4, 0.5) is 13.2 Å². The van der Waals surface area contributed by atoms with Gasteiger partial charge in [0, 0.05) is 23.0 Å². The average molecular weight is 468 g/mol. The number of carbonyl (C=O) groups excluding carboxylic acids is 1. The van der Waals surface area contributed by atoms with Gasteiger partial charge in [0.15, 0.2) is 0 Å². The number of alkyl halides is 3. The van der Waals surface area contributed by atoms with Gasteiger partial charge in [-0.2, -0.15) is 13.2 Å². The SMILES string of the molecule is NCc1cccc(-c2cc(C(=O)Oc3ccccc3CC(=O)O)cc3[nH]c(C(F)(F)F)cc23)c1. The first kappa shape index (κ1) is 23.1. The zero-order valence-corrected chi connectivity index (χ0v) is 17.6. The summed E-state index contributed by atoms with van der Waals surface area (Å²) in [5, 5.41) is 9.37. The number of H-pyrrole nitrogens is 1. The average Bonchev–Trinajstić information content (AvgIpc) is 3.24. The summed E-state index contributed by atoms with van der Waals surface area (Å²) in [4.78, 5) is 26.4. The molecule has 1 heterocycles. The third-order valence-electron chi connectivity index (χ3n) is 5.27. The standard InChI is InChI=1S/C25H19F3N2O4/c26-25(27,28)22-12-19-18(15-6-3-4-14(8-15)13-29)9-17(10-20(19)30-22)24(33)34-21-7-2-1-5-16(21)11-23(31)32/h1-10,12,30H,11,13,29H2,(H,31,32). The summed E-state index contributed by atoms with van der Waals surface area (Å²) in [5.74, 6) is -1.87. The van der Waals surface area contributed by atoms with Crippen LogP contribution < -0.4 is 10.5 Å². The molecule has 0 unspecified atom stereocenters. The zero-order valence-electron chi connectivity index (χ0n) is 17.6. The fourth-order valence-corrected chi connectivity index (χ4v) is 3.68. The molecule has 0 fully saturated rings. The lowest BCUT2D eigenvalue weighted by atomic mass is 9.97. The molecule has 4 aromatic rings. The highest BCUT2D eigenvalue weighted by atomic mass is 19.4. The maximum absolute atomic E-state index is 13.4. The van der Waals surface area contributed by atoms with Crippen LogP contribution in [-0.4, -0.2) is 22.0 Å². The molecule has 0 bridgehead atoms. The number of hydrogen-bond acceptors (Lipinski definition) is 4. The second kappa shape index (κ2) is 9.03. The number of hydrogen-bond donors (Lipinski definition) is 3. The van der Waals surface area contributed by atoms with Gasteiger partial charge in [0.2, 0.25) is 0 Å². The predicted molar refractivity (Wildman–Crippen MR) is 119 cm³/mol. The number of fused-ring (bicyclic) bond motifs is 1. The molecule has 6 nitrogen and oxygen atoms in total. The summed E-state index contributed by atoms with van der Waals surface area (Å²) in [6, 6.07) is 16.9. The molecule has 1 aromatic heterocycles. The minimum atomic E-state index is -4.61. The summed E-state index contributed by atoms with van der Waals surface area (Å²) in [6.07, 6.45) is -4.96. The van der Waals surface area contributed by atoms with Crippen molar-refractivity contribution in [2.45, 2.75) is 19.1 Å². The van der Waals surface area contributed by atoms with Crippen LogP contribution in [0, 0.1) is 0 Å². The van der Waals surface area contributed by atoms with E-state index in [0.29, 0.717) is 16.7 Å². The molecule has 0 atom stereocenters. The van der Waals surface area contributed by atoms with Crippen LogP contribution in [0.1, 0.15) is 27.2 Å². The molecule has 0 aliphatic carbocycles. The highest BCUT2D eigenvalue weighted by Gasteiger charge is 2.33. The van der Waals surface area contributed by atoms with Crippen molar-refractivity contribution < 1.29 is 32.6 Å². The normalized spacial score (nSPS) is 11.5. The second-order valence-electron chi connectivity index (χ2n) is 7.64. The van der Waals surface area contributed by atoms with Crippen molar-refractivity contribution in [1.82, 2.24) is 4.98 Å². The fourth-order valence-electron chi connectivity index (χ4n) is 3.68. The van der Waals surface area contributed by atoms with E-state index in [2.05, 4.69) is 4.98 Å². The van der Waals surface area contributed by atoms with E-state index in [0.717, 1.165) is 11.6 Å². The predicted octanol–water partition coefficient (Wildman–Crippen LogP) is 5.16. The van der Waals surface area contributed by atoms with E-state index in [9.17, 15) is 22.8 Å². The quantitative estimate of drug-likeness (QED) is 0.268. The lowest BCUT2D eigenvalue weighted by Crippen LogP contribution is -2.11. The highest BCUT2D eigenvalue weighted by molar-refractivity contribution is 6.03. The molecule has 4 N–H and O–H groups in total. The number of carboxylic acids is 1. The summed E-state index contributed by atoms with van der Waals surface area (Å²) in [6.45, 7) is 0.236. The summed E-state index contributed by atoms with van der Waals surface area (Å²) in [7, 11) is 0. The third kappa shape index (κ3) is 4.79. The van der Waals surface area contributed by atoms with Gasteiger partial charge in [-0.15, -0.1) is 0 Å². The van der Waals surface area contributed by atoms with Crippen LogP contribution in [0.3, 0.4) is 0 Å². The van der Waals surface area contributed by atoms with Crippen molar-refractivity contribution in [2.24, 2.45) is 5.73 Å². The Hall–Kier alpha value is -4.11. The number of ether oxygens (including phenoxy) is 1. The first-order valence-corrected chi connectivity index (χ1v) is 10.2. The maximum atomic E-state index is 13.4. The largest absolute Gasteiger partial charge is 0.481 e. The lowest BCUT2D eigenvalue weighted by molar-refractivity contribution is -0.140. The van der Waals surface area contributed by atoms with Gasteiger partial charge < -0.3 is 20.6 Å². The van der Waals surface area contributed by atoms with Crippen LogP contribution >= 0.6 is 0 Å². The Balaban J connectivity index is 1.82. The summed E-state index contributed by atoms with van der Waals surface area (Å²) < 4.78 is 45.6. The Bertz CT molecular complexity index is 1390. The monoisotopic (exact) mass is 468 g/mol. The van der Waals surface area contributed by atoms with Gasteiger partial charge >= 0.3 is 18.1 Å². The number of benzene rings is 3. The van der Waals surface area contributed by atoms with Crippen molar-refractivity contribution in [1.29, 1.82) is 0 Å². The van der Waals surface area contributed by atoms with Crippen molar-refractivity contribution >= 4 is 22.8 Å². The topological polar surface area (TPSA) is 105 Å². The molecule has 0 aliphatic rings. The minimum Gasteiger partial charge on any atom is -0.481 e. The maximum Gasteiger partial charge on any atom is 0.431 e. The molecule has 0 spiro atoms. The van der Waals surface area contributed by atoms with E-state index in [1.54, 1.807) is 36.4 Å². The molecule has 0 saturated heterocycles. The molecule has 3 aromatic carbocycles. The number of nitrogens with one attached hydrogen (secondary N) is 1. The molecule has 0 radical (unpaired) electrons. The van der Waals surface area contributed by atoms with Crippen molar-refractivity contribution in [3.05, 3.63) is 89.1 Å².